The molecule has 21 heavy (non-hydrogen) atoms. The van der Waals surface area contributed by atoms with Crippen LogP contribution < -0.4 is 0 Å². The topological polar surface area (TPSA) is 68.0 Å². The minimum Gasteiger partial charge on any atom is -0.476 e. The van der Waals surface area contributed by atoms with Gasteiger partial charge >= 0.3 is 5.97 Å². The van der Waals surface area contributed by atoms with Crippen molar-refractivity contribution in [3.05, 3.63) is 35.8 Å². The molecular weight excluding hydrogens is 293 g/mol. The molecule has 0 atom stereocenters. The lowest BCUT2D eigenvalue weighted by Crippen LogP contribution is -2.06. The van der Waals surface area contributed by atoms with Gasteiger partial charge in [-0.15, -0.1) is 5.10 Å². The van der Waals surface area contributed by atoms with E-state index in [-0.39, 0.29) is 11.5 Å². The maximum absolute atomic E-state index is 13.0. The van der Waals surface area contributed by atoms with Crippen LogP contribution in [-0.2, 0) is 6.54 Å². The van der Waals surface area contributed by atoms with Crippen molar-refractivity contribution < 1.29 is 14.3 Å². The number of carbonyl (C=O) groups is 1. The lowest BCUT2D eigenvalue weighted by Gasteiger charge is -2.07. The molecule has 0 saturated heterocycles. The highest BCUT2D eigenvalue weighted by molar-refractivity contribution is 7.99. The van der Waals surface area contributed by atoms with Gasteiger partial charge in [0.15, 0.2) is 5.69 Å². The van der Waals surface area contributed by atoms with Crippen molar-refractivity contribution in [1.29, 1.82) is 0 Å². The summed E-state index contributed by atoms with van der Waals surface area (Å²) < 4.78 is 14.6. The van der Waals surface area contributed by atoms with Crippen LogP contribution in [-0.4, -0.2) is 37.6 Å². The Morgan fingerprint density at radius 3 is 2.71 bits per heavy atom. The number of rotatable bonds is 7. The molecule has 0 unspecified atom stereocenters. The summed E-state index contributed by atoms with van der Waals surface area (Å²) in [5.74, 6) is 0.516. The fourth-order valence-electron chi connectivity index (χ4n) is 1.97. The van der Waals surface area contributed by atoms with Crippen LogP contribution in [0.4, 0.5) is 4.39 Å². The van der Waals surface area contributed by atoms with Gasteiger partial charge in [0.05, 0.1) is 0 Å². The van der Waals surface area contributed by atoms with E-state index in [9.17, 15) is 14.3 Å². The summed E-state index contributed by atoms with van der Waals surface area (Å²) in [7, 11) is 0. The second-order valence-corrected chi connectivity index (χ2v) is 5.77. The van der Waals surface area contributed by atoms with Gasteiger partial charge in [-0.05, 0) is 42.2 Å². The number of halogens is 1. The molecule has 2 rings (SSSR count). The van der Waals surface area contributed by atoms with E-state index in [0.29, 0.717) is 17.8 Å². The third-order valence-electron chi connectivity index (χ3n) is 2.92. The minimum atomic E-state index is -1.14. The number of nitrogens with zero attached hydrogens (tertiary/aromatic N) is 3. The van der Waals surface area contributed by atoms with Crippen LogP contribution in [0.25, 0.3) is 11.3 Å². The normalized spacial score (nSPS) is 10.8. The predicted octanol–water partition coefficient (Wildman–Crippen LogP) is 2.93. The molecular formula is C14H16FN3O2S. The van der Waals surface area contributed by atoms with Crippen LogP contribution >= 0.6 is 11.8 Å². The molecule has 0 bridgehead atoms. The predicted molar refractivity (Wildman–Crippen MR) is 80.0 cm³/mol. The zero-order valence-corrected chi connectivity index (χ0v) is 12.4. The van der Waals surface area contributed by atoms with Crippen molar-refractivity contribution in [1.82, 2.24) is 15.0 Å². The quantitative estimate of drug-likeness (QED) is 0.796. The second-order valence-electron chi connectivity index (χ2n) is 4.37. The molecule has 5 nitrogen and oxygen atoms in total. The average molecular weight is 309 g/mol. The molecule has 2 aromatic rings. The van der Waals surface area contributed by atoms with E-state index >= 15 is 0 Å². The number of aryl methyl sites for hydroxylation is 1. The van der Waals surface area contributed by atoms with Gasteiger partial charge in [0.2, 0.25) is 0 Å². The molecule has 0 radical (unpaired) electrons. The Morgan fingerprint density at radius 1 is 1.38 bits per heavy atom. The number of thioether (sulfide) groups is 1. The first-order chi connectivity index (χ1) is 10.1. The molecule has 0 aliphatic heterocycles. The molecule has 0 aliphatic rings. The van der Waals surface area contributed by atoms with E-state index in [4.69, 9.17) is 0 Å². The van der Waals surface area contributed by atoms with Crippen LogP contribution in [0.2, 0.25) is 0 Å². The summed E-state index contributed by atoms with van der Waals surface area (Å²) in [5, 5.41) is 16.9. The van der Waals surface area contributed by atoms with Crippen molar-refractivity contribution >= 4 is 17.7 Å². The molecule has 0 saturated carbocycles. The van der Waals surface area contributed by atoms with Crippen LogP contribution in [0.5, 0.6) is 0 Å². The van der Waals surface area contributed by atoms with Crippen molar-refractivity contribution in [2.24, 2.45) is 0 Å². The van der Waals surface area contributed by atoms with E-state index in [1.165, 1.54) is 24.3 Å². The van der Waals surface area contributed by atoms with Crippen molar-refractivity contribution in [3.8, 4) is 11.3 Å². The monoisotopic (exact) mass is 309 g/mol. The van der Waals surface area contributed by atoms with Crippen LogP contribution in [0.15, 0.2) is 24.3 Å². The van der Waals surface area contributed by atoms with Gasteiger partial charge in [-0.25, -0.2) is 13.9 Å². The molecule has 1 aromatic carbocycles. The van der Waals surface area contributed by atoms with E-state index in [1.807, 2.05) is 11.8 Å². The third-order valence-corrected chi connectivity index (χ3v) is 3.90. The standard InChI is InChI=1S/C14H16FN3O2S/c1-2-21-9-3-8-18-13(12(14(19)20)16-17-18)10-4-6-11(15)7-5-10/h4-7H,2-3,8-9H2,1H3,(H,19,20). The molecule has 0 fully saturated rings. The molecule has 0 aliphatic carbocycles. The molecule has 1 aromatic heterocycles. The summed E-state index contributed by atoms with van der Waals surface area (Å²) in [6.45, 7) is 2.67. The number of aromatic carboxylic acids is 1. The van der Waals surface area contributed by atoms with Crippen molar-refractivity contribution in [2.45, 2.75) is 19.9 Å². The van der Waals surface area contributed by atoms with Gasteiger partial charge in [0.1, 0.15) is 11.5 Å². The Bertz CT molecular complexity index is 613. The second kappa shape index (κ2) is 7.21. The molecule has 0 amide bonds. The zero-order valence-electron chi connectivity index (χ0n) is 11.6. The van der Waals surface area contributed by atoms with E-state index in [1.54, 1.807) is 4.68 Å². The van der Waals surface area contributed by atoms with Crippen LogP contribution in [0.1, 0.15) is 23.8 Å². The van der Waals surface area contributed by atoms with Gasteiger partial charge in [-0.3, -0.25) is 0 Å². The van der Waals surface area contributed by atoms with Crippen molar-refractivity contribution in [3.63, 3.8) is 0 Å². The highest BCUT2D eigenvalue weighted by Gasteiger charge is 2.20. The van der Waals surface area contributed by atoms with Crippen molar-refractivity contribution in [2.75, 3.05) is 11.5 Å². The van der Waals surface area contributed by atoms with Crippen LogP contribution in [0, 0.1) is 5.82 Å². The highest BCUT2D eigenvalue weighted by atomic mass is 32.2. The number of carboxylic acids is 1. The SMILES string of the molecule is CCSCCCn1nnc(C(=O)O)c1-c1ccc(F)cc1. The first-order valence-corrected chi connectivity index (χ1v) is 7.79. The molecule has 0 spiro atoms. The molecule has 1 N–H and O–H groups in total. The van der Waals surface area contributed by atoms with Gasteiger partial charge in [-0.1, -0.05) is 12.1 Å². The number of hydrogen-bond donors (Lipinski definition) is 1. The third kappa shape index (κ3) is 3.81. The van der Waals surface area contributed by atoms with Gasteiger partial charge in [-0.2, -0.15) is 11.8 Å². The lowest BCUT2D eigenvalue weighted by atomic mass is 10.1. The van der Waals surface area contributed by atoms with E-state index in [0.717, 1.165) is 17.9 Å². The zero-order chi connectivity index (χ0) is 15.2. The summed E-state index contributed by atoms with van der Waals surface area (Å²) >= 11 is 1.82. The first kappa shape index (κ1) is 15.5. The number of carboxylic acid groups (broad SMARTS) is 1. The van der Waals surface area contributed by atoms with Crippen LogP contribution in [0.3, 0.4) is 0 Å². The summed E-state index contributed by atoms with van der Waals surface area (Å²) in [6.07, 6.45) is 0.870. The fourth-order valence-corrected chi connectivity index (χ4v) is 2.59. The molecule has 112 valence electrons. The fraction of sp³-hybridized carbons (Fsp3) is 0.357. The Labute approximate surface area is 126 Å². The Hall–Kier alpha value is -1.89. The Morgan fingerprint density at radius 2 is 2.10 bits per heavy atom. The van der Waals surface area contributed by atoms with E-state index in [2.05, 4.69) is 17.2 Å². The summed E-state index contributed by atoms with van der Waals surface area (Å²) in [5.41, 5.74) is 0.913. The van der Waals surface area contributed by atoms with Gasteiger partial charge in [0, 0.05) is 12.1 Å². The van der Waals surface area contributed by atoms with Gasteiger partial charge in [0.25, 0.3) is 0 Å². The summed E-state index contributed by atoms with van der Waals surface area (Å²) in [4.78, 5) is 11.3. The van der Waals surface area contributed by atoms with Gasteiger partial charge < -0.3 is 5.11 Å². The number of aromatic nitrogens is 3. The maximum atomic E-state index is 13.0. The minimum absolute atomic E-state index is 0.107. The number of hydrogen-bond acceptors (Lipinski definition) is 4. The van der Waals surface area contributed by atoms with E-state index < -0.39 is 5.97 Å². The molecule has 1 heterocycles. The highest BCUT2D eigenvalue weighted by Crippen LogP contribution is 2.23. The average Bonchev–Trinajstić information content (AvgIpc) is 2.88. The Kier molecular flexibility index (Phi) is 5.32. The maximum Gasteiger partial charge on any atom is 0.358 e. The number of benzene rings is 1. The smallest absolute Gasteiger partial charge is 0.358 e. The lowest BCUT2D eigenvalue weighted by molar-refractivity contribution is 0.0691. The molecule has 7 heteroatoms. The Balaban J connectivity index is 2.29. The summed E-state index contributed by atoms with van der Waals surface area (Å²) in [6, 6.07) is 5.67. The largest absolute Gasteiger partial charge is 0.476 e. The first-order valence-electron chi connectivity index (χ1n) is 6.64.